The lowest BCUT2D eigenvalue weighted by molar-refractivity contribution is -0.140. The first-order valence-electron chi connectivity index (χ1n) is 11.3. The van der Waals surface area contributed by atoms with Gasteiger partial charge in [0, 0.05) is 24.5 Å². The van der Waals surface area contributed by atoms with Gasteiger partial charge in [-0.25, -0.2) is 0 Å². The average Bonchev–Trinajstić information content (AvgIpc) is 2.81. The highest BCUT2D eigenvalue weighted by Crippen LogP contribution is 2.18. The van der Waals surface area contributed by atoms with Crippen LogP contribution in [0.3, 0.4) is 0 Å². The van der Waals surface area contributed by atoms with Crippen molar-refractivity contribution in [2.24, 2.45) is 5.92 Å². The number of benzene rings is 3. The minimum Gasteiger partial charge on any atom is -0.354 e. The molecular weight excluding hydrogens is 432 g/mol. The van der Waals surface area contributed by atoms with Crippen LogP contribution in [-0.4, -0.2) is 29.3 Å². The summed E-state index contributed by atoms with van der Waals surface area (Å²) in [5, 5.41) is 3.63. The number of nitrogens with zero attached hydrogens (tertiary/aromatic N) is 1. The van der Waals surface area contributed by atoms with Crippen LogP contribution in [0.25, 0.3) is 0 Å². The van der Waals surface area contributed by atoms with Gasteiger partial charge in [-0.1, -0.05) is 98.2 Å². The molecule has 0 aliphatic heterocycles. The molecule has 4 nitrogen and oxygen atoms in total. The highest BCUT2D eigenvalue weighted by molar-refractivity contribution is 6.30. The quantitative estimate of drug-likeness (QED) is 0.444. The second-order valence-electron chi connectivity index (χ2n) is 8.66. The van der Waals surface area contributed by atoms with Crippen molar-refractivity contribution in [2.75, 3.05) is 6.54 Å². The van der Waals surface area contributed by atoms with E-state index in [1.54, 1.807) is 17.0 Å². The van der Waals surface area contributed by atoms with Gasteiger partial charge >= 0.3 is 0 Å². The van der Waals surface area contributed by atoms with E-state index < -0.39 is 6.04 Å². The van der Waals surface area contributed by atoms with Crippen LogP contribution >= 0.6 is 11.6 Å². The second-order valence-corrected chi connectivity index (χ2v) is 9.09. The molecule has 3 aromatic rings. The first-order chi connectivity index (χ1) is 15.9. The molecule has 0 radical (unpaired) electrons. The van der Waals surface area contributed by atoms with Gasteiger partial charge in [0.15, 0.2) is 0 Å². The van der Waals surface area contributed by atoms with E-state index in [4.69, 9.17) is 11.6 Å². The zero-order chi connectivity index (χ0) is 23.6. The molecule has 33 heavy (non-hydrogen) atoms. The van der Waals surface area contributed by atoms with E-state index >= 15 is 0 Å². The zero-order valence-corrected chi connectivity index (χ0v) is 20.0. The van der Waals surface area contributed by atoms with Crippen molar-refractivity contribution in [3.05, 3.63) is 107 Å². The van der Waals surface area contributed by atoms with Gasteiger partial charge < -0.3 is 10.2 Å². The third kappa shape index (κ3) is 7.76. The van der Waals surface area contributed by atoms with Crippen molar-refractivity contribution in [1.29, 1.82) is 0 Å². The van der Waals surface area contributed by atoms with Crippen LogP contribution in [0.4, 0.5) is 0 Å². The summed E-state index contributed by atoms with van der Waals surface area (Å²) in [5.41, 5.74) is 2.81. The van der Waals surface area contributed by atoms with Crippen LogP contribution in [0.5, 0.6) is 0 Å². The minimum absolute atomic E-state index is 0.109. The SMILES string of the molecule is CC(C)CNC(=O)[C@@H](Cc1ccccc1)N(Cc1ccccc1)C(=O)Cc1cccc(Cl)c1. The van der Waals surface area contributed by atoms with Crippen molar-refractivity contribution >= 4 is 23.4 Å². The Balaban J connectivity index is 1.93. The van der Waals surface area contributed by atoms with E-state index in [9.17, 15) is 9.59 Å². The van der Waals surface area contributed by atoms with Crippen molar-refractivity contribution in [1.82, 2.24) is 10.2 Å². The fourth-order valence-electron chi connectivity index (χ4n) is 3.68. The van der Waals surface area contributed by atoms with E-state index in [-0.39, 0.29) is 18.2 Å². The molecule has 0 aliphatic carbocycles. The first kappa shape index (κ1) is 24.5. The Morgan fingerprint density at radius 1 is 0.848 bits per heavy atom. The molecule has 3 rings (SSSR count). The van der Waals surface area contributed by atoms with Crippen molar-refractivity contribution in [3.8, 4) is 0 Å². The smallest absolute Gasteiger partial charge is 0.243 e. The fourth-order valence-corrected chi connectivity index (χ4v) is 3.89. The zero-order valence-electron chi connectivity index (χ0n) is 19.2. The summed E-state index contributed by atoms with van der Waals surface area (Å²) < 4.78 is 0. The summed E-state index contributed by atoms with van der Waals surface area (Å²) >= 11 is 6.14. The number of nitrogens with one attached hydrogen (secondary N) is 1. The Bertz CT molecular complexity index is 1040. The lowest BCUT2D eigenvalue weighted by Gasteiger charge is -2.32. The third-order valence-electron chi connectivity index (χ3n) is 5.40. The molecule has 0 saturated carbocycles. The van der Waals surface area contributed by atoms with Gasteiger partial charge in [-0.15, -0.1) is 0 Å². The number of carbonyl (C=O) groups excluding carboxylic acids is 2. The largest absolute Gasteiger partial charge is 0.354 e. The van der Waals surface area contributed by atoms with Gasteiger partial charge in [-0.05, 0) is 34.7 Å². The molecule has 3 aromatic carbocycles. The molecule has 2 amide bonds. The molecule has 0 saturated heterocycles. The Kier molecular flexibility index (Phi) is 9.08. The molecule has 1 atom stereocenters. The summed E-state index contributed by atoms with van der Waals surface area (Å²) in [6.07, 6.45) is 0.620. The average molecular weight is 463 g/mol. The highest BCUT2D eigenvalue weighted by atomic mass is 35.5. The fraction of sp³-hybridized carbons (Fsp3) is 0.286. The maximum Gasteiger partial charge on any atom is 0.243 e. The van der Waals surface area contributed by atoms with Crippen LogP contribution in [-0.2, 0) is 29.0 Å². The lowest BCUT2D eigenvalue weighted by atomic mass is 10.0. The van der Waals surface area contributed by atoms with E-state index in [0.717, 1.165) is 16.7 Å². The lowest BCUT2D eigenvalue weighted by Crippen LogP contribution is -2.51. The molecule has 172 valence electrons. The Morgan fingerprint density at radius 2 is 1.45 bits per heavy atom. The Hall–Kier alpha value is -3.11. The molecule has 0 spiro atoms. The monoisotopic (exact) mass is 462 g/mol. The van der Waals surface area contributed by atoms with Crippen molar-refractivity contribution in [2.45, 2.75) is 39.3 Å². The Morgan fingerprint density at radius 3 is 2.06 bits per heavy atom. The second kappa shape index (κ2) is 12.2. The van der Waals surface area contributed by atoms with Gasteiger partial charge in [0.2, 0.25) is 11.8 Å². The number of hydrogen-bond donors (Lipinski definition) is 1. The number of halogens is 1. The number of rotatable bonds is 10. The molecule has 0 fully saturated rings. The highest BCUT2D eigenvalue weighted by Gasteiger charge is 2.30. The normalized spacial score (nSPS) is 11.8. The summed E-state index contributed by atoms with van der Waals surface area (Å²) in [4.78, 5) is 28.7. The Labute approximate surface area is 201 Å². The molecule has 0 aliphatic rings. The van der Waals surface area contributed by atoms with Crippen molar-refractivity contribution in [3.63, 3.8) is 0 Å². The number of carbonyl (C=O) groups is 2. The van der Waals surface area contributed by atoms with Gasteiger partial charge in [-0.3, -0.25) is 9.59 Å². The van der Waals surface area contributed by atoms with Crippen LogP contribution in [0.1, 0.15) is 30.5 Å². The van der Waals surface area contributed by atoms with Crippen LogP contribution in [0, 0.1) is 5.92 Å². The molecule has 0 bridgehead atoms. The first-order valence-corrected chi connectivity index (χ1v) is 11.7. The summed E-state index contributed by atoms with van der Waals surface area (Å²) in [6.45, 7) is 5.02. The topological polar surface area (TPSA) is 49.4 Å². The summed E-state index contributed by atoms with van der Waals surface area (Å²) in [5.74, 6) is 0.0701. The molecular formula is C28H31ClN2O2. The van der Waals surface area contributed by atoms with Crippen LogP contribution in [0.15, 0.2) is 84.9 Å². The van der Waals surface area contributed by atoms with Gasteiger partial charge in [0.1, 0.15) is 6.04 Å². The van der Waals surface area contributed by atoms with E-state index in [1.807, 2.05) is 72.8 Å². The van der Waals surface area contributed by atoms with Gasteiger partial charge in [0.25, 0.3) is 0 Å². The standard InChI is InChI=1S/C28H31ClN2O2/c1-21(2)19-30-28(33)26(17-22-10-5-3-6-11-22)31(20-23-12-7-4-8-13-23)27(32)18-24-14-9-15-25(29)16-24/h3-16,21,26H,17-20H2,1-2H3,(H,30,33)/t26-/m1/s1. The summed E-state index contributed by atoms with van der Waals surface area (Å²) in [6, 6.07) is 26.3. The molecule has 5 heteroatoms. The maximum absolute atomic E-state index is 13.6. The van der Waals surface area contributed by atoms with Crippen molar-refractivity contribution < 1.29 is 9.59 Å². The van der Waals surface area contributed by atoms with E-state index in [2.05, 4.69) is 19.2 Å². The number of amides is 2. The molecule has 0 aromatic heterocycles. The molecule has 1 N–H and O–H groups in total. The maximum atomic E-state index is 13.6. The van der Waals surface area contributed by atoms with Crippen LogP contribution in [0.2, 0.25) is 5.02 Å². The van der Waals surface area contributed by atoms with Gasteiger partial charge in [-0.2, -0.15) is 0 Å². The minimum atomic E-state index is -0.627. The van der Waals surface area contributed by atoms with Gasteiger partial charge in [0.05, 0.1) is 6.42 Å². The third-order valence-corrected chi connectivity index (χ3v) is 5.63. The summed E-state index contributed by atoms with van der Waals surface area (Å²) in [7, 11) is 0. The van der Waals surface area contributed by atoms with E-state index in [0.29, 0.717) is 30.5 Å². The predicted molar refractivity (Wildman–Crippen MR) is 134 cm³/mol. The number of hydrogen-bond acceptors (Lipinski definition) is 2. The molecule has 0 unspecified atom stereocenters. The molecule has 0 heterocycles. The van der Waals surface area contributed by atoms with Crippen LogP contribution < -0.4 is 5.32 Å². The predicted octanol–water partition coefficient (Wildman–Crippen LogP) is 5.29. The van der Waals surface area contributed by atoms with E-state index in [1.165, 1.54) is 0 Å².